The second kappa shape index (κ2) is 5.47. The van der Waals surface area contributed by atoms with Gasteiger partial charge in [0.15, 0.2) is 0 Å². The molecule has 1 aromatic rings. The quantitative estimate of drug-likeness (QED) is 0.606. The van der Waals surface area contributed by atoms with Crippen LogP contribution in [0.1, 0.15) is 12.5 Å². The Morgan fingerprint density at radius 1 is 1.35 bits per heavy atom. The summed E-state index contributed by atoms with van der Waals surface area (Å²) in [7, 11) is 0. The molecule has 3 nitrogen and oxygen atoms in total. The Morgan fingerprint density at radius 3 is 2.41 bits per heavy atom. The second-order valence-corrected chi connectivity index (χ2v) is 3.05. The molecule has 0 aliphatic rings. The summed E-state index contributed by atoms with van der Waals surface area (Å²) >= 11 is 0. The number of hydrogen-bond donors (Lipinski definition) is 0. The molecule has 0 bridgehead atoms. The Hall–Kier alpha value is -1.85. The van der Waals surface area contributed by atoms with Crippen LogP contribution in [0.3, 0.4) is 0 Å². The number of halogens is 3. The summed E-state index contributed by atoms with van der Waals surface area (Å²) in [5.74, 6) is -0.632. The third-order valence-electron chi connectivity index (χ3n) is 1.80. The van der Waals surface area contributed by atoms with E-state index in [0.717, 1.165) is 18.3 Å². The van der Waals surface area contributed by atoms with Crippen molar-refractivity contribution in [3.8, 4) is 0 Å². The van der Waals surface area contributed by atoms with E-state index in [0.29, 0.717) is 0 Å². The van der Waals surface area contributed by atoms with Crippen molar-refractivity contribution in [1.29, 1.82) is 0 Å². The summed E-state index contributed by atoms with van der Waals surface area (Å²) in [6.07, 6.45) is -3.45. The Labute approximate surface area is 95.9 Å². The first-order chi connectivity index (χ1) is 7.93. The molecule has 0 atom stereocenters. The van der Waals surface area contributed by atoms with E-state index >= 15 is 0 Å². The van der Waals surface area contributed by atoms with E-state index in [2.05, 4.69) is 9.73 Å². The fourth-order valence-electron chi connectivity index (χ4n) is 1.04. The molecule has 0 aliphatic carbocycles. The Kier molecular flexibility index (Phi) is 4.25. The molecular formula is C11H10F3NO2. The van der Waals surface area contributed by atoms with E-state index in [1.807, 2.05) is 0 Å². The first kappa shape index (κ1) is 13.2. The maximum atomic E-state index is 12.2. The molecule has 0 amide bonds. The SMILES string of the molecule is CCOC(=O)C=Nc1ccc(C(F)(F)F)cc1. The van der Waals surface area contributed by atoms with E-state index in [1.54, 1.807) is 6.92 Å². The number of aliphatic imine (C=N–C) groups is 1. The summed E-state index contributed by atoms with van der Waals surface area (Å²) in [5.41, 5.74) is -0.501. The second-order valence-electron chi connectivity index (χ2n) is 3.05. The third-order valence-corrected chi connectivity index (χ3v) is 1.80. The van der Waals surface area contributed by atoms with Gasteiger partial charge in [-0.25, -0.2) is 9.79 Å². The zero-order chi connectivity index (χ0) is 12.9. The van der Waals surface area contributed by atoms with E-state index in [9.17, 15) is 18.0 Å². The highest BCUT2D eigenvalue weighted by molar-refractivity contribution is 6.23. The van der Waals surface area contributed by atoms with E-state index in [-0.39, 0.29) is 12.3 Å². The van der Waals surface area contributed by atoms with Crippen LogP contribution in [0.4, 0.5) is 18.9 Å². The number of nitrogens with zero attached hydrogens (tertiary/aromatic N) is 1. The molecule has 6 heteroatoms. The number of rotatable bonds is 3. The molecule has 0 unspecified atom stereocenters. The van der Waals surface area contributed by atoms with E-state index in [1.165, 1.54) is 12.1 Å². The van der Waals surface area contributed by atoms with Gasteiger partial charge >= 0.3 is 12.1 Å². The Bertz CT molecular complexity index is 410. The highest BCUT2D eigenvalue weighted by Gasteiger charge is 2.29. The van der Waals surface area contributed by atoms with Crippen LogP contribution in [0.25, 0.3) is 0 Å². The molecule has 0 fully saturated rings. The molecule has 0 saturated heterocycles. The average Bonchev–Trinajstić information content (AvgIpc) is 2.26. The summed E-state index contributed by atoms with van der Waals surface area (Å²) in [6.45, 7) is 1.86. The summed E-state index contributed by atoms with van der Waals surface area (Å²) in [6, 6.07) is 4.16. The van der Waals surface area contributed by atoms with Crippen LogP contribution in [0.15, 0.2) is 29.3 Å². The number of hydrogen-bond acceptors (Lipinski definition) is 3. The number of ether oxygens (including phenoxy) is 1. The van der Waals surface area contributed by atoms with Gasteiger partial charge < -0.3 is 4.74 Å². The molecular weight excluding hydrogens is 235 g/mol. The van der Waals surface area contributed by atoms with Gasteiger partial charge in [-0.15, -0.1) is 0 Å². The van der Waals surface area contributed by atoms with Crippen molar-refractivity contribution in [2.75, 3.05) is 6.61 Å². The van der Waals surface area contributed by atoms with Crippen molar-refractivity contribution >= 4 is 17.9 Å². The highest BCUT2D eigenvalue weighted by atomic mass is 19.4. The molecule has 0 radical (unpaired) electrons. The molecule has 0 N–H and O–H groups in total. The maximum absolute atomic E-state index is 12.2. The molecule has 1 rings (SSSR count). The van der Waals surface area contributed by atoms with Gasteiger partial charge in [-0.1, -0.05) is 0 Å². The van der Waals surface area contributed by atoms with Gasteiger partial charge in [-0.3, -0.25) is 0 Å². The van der Waals surface area contributed by atoms with Crippen molar-refractivity contribution in [3.63, 3.8) is 0 Å². The van der Waals surface area contributed by atoms with Gasteiger partial charge in [0.1, 0.15) is 6.21 Å². The predicted octanol–water partition coefficient (Wildman–Crippen LogP) is 2.97. The molecule has 0 aliphatic heterocycles. The topological polar surface area (TPSA) is 38.7 Å². The predicted molar refractivity (Wildman–Crippen MR) is 56.2 cm³/mol. The van der Waals surface area contributed by atoms with E-state index in [4.69, 9.17) is 0 Å². The molecule has 1 aromatic carbocycles. The van der Waals surface area contributed by atoms with Crippen molar-refractivity contribution < 1.29 is 22.7 Å². The number of esters is 1. The first-order valence-electron chi connectivity index (χ1n) is 4.81. The van der Waals surface area contributed by atoms with Crippen LogP contribution in [-0.2, 0) is 15.7 Å². The van der Waals surface area contributed by atoms with Crippen molar-refractivity contribution in [1.82, 2.24) is 0 Å². The van der Waals surface area contributed by atoms with Gasteiger partial charge in [0.2, 0.25) is 0 Å². The van der Waals surface area contributed by atoms with Gasteiger partial charge in [0, 0.05) is 0 Å². The molecule has 0 saturated carbocycles. The number of carbonyl (C=O) groups is 1. The van der Waals surface area contributed by atoms with Crippen molar-refractivity contribution in [2.24, 2.45) is 4.99 Å². The fraction of sp³-hybridized carbons (Fsp3) is 0.273. The Balaban J connectivity index is 2.72. The van der Waals surface area contributed by atoms with Crippen LogP contribution in [-0.4, -0.2) is 18.8 Å². The summed E-state index contributed by atoms with van der Waals surface area (Å²) in [5, 5.41) is 0. The summed E-state index contributed by atoms with van der Waals surface area (Å²) in [4.78, 5) is 14.6. The van der Waals surface area contributed by atoms with Crippen LogP contribution in [0.2, 0.25) is 0 Å². The third kappa shape index (κ3) is 4.26. The Morgan fingerprint density at radius 2 is 1.94 bits per heavy atom. The van der Waals surface area contributed by atoms with Gasteiger partial charge in [0.05, 0.1) is 17.9 Å². The summed E-state index contributed by atoms with van der Waals surface area (Å²) < 4.78 is 41.2. The van der Waals surface area contributed by atoms with Gasteiger partial charge in [-0.05, 0) is 31.2 Å². The lowest BCUT2D eigenvalue weighted by atomic mass is 10.2. The monoisotopic (exact) mass is 245 g/mol. The van der Waals surface area contributed by atoms with Crippen LogP contribution < -0.4 is 0 Å². The zero-order valence-electron chi connectivity index (χ0n) is 8.99. The van der Waals surface area contributed by atoms with E-state index < -0.39 is 17.7 Å². The maximum Gasteiger partial charge on any atom is 0.416 e. The van der Waals surface area contributed by atoms with Crippen LogP contribution in [0.5, 0.6) is 0 Å². The number of carbonyl (C=O) groups excluding carboxylic acids is 1. The molecule has 0 spiro atoms. The molecule has 0 aromatic heterocycles. The minimum Gasteiger partial charge on any atom is -0.462 e. The van der Waals surface area contributed by atoms with Crippen LogP contribution in [0, 0.1) is 0 Å². The lowest BCUT2D eigenvalue weighted by molar-refractivity contribution is -0.137. The molecule has 17 heavy (non-hydrogen) atoms. The highest BCUT2D eigenvalue weighted by Crippen LogP contribution is 2.30. The van der Waals surface area contributed by atoms with Gasteiger partial charge in [0.25, 0.3) is 0 Å². The smallest absolute Gasteiger partial charge is 0.416 e. The van der Waals surface area contributed by atoms with Crippen molar-refractivity contribution in [3.05, 3.63) is 29.8 Å². The normalized spacial score (nSPS) is 11.8. The minimum atomic E-state index is -4.37. The standard InChI is InChI=1S/C11H10F3NO2/c1-2-17-10(16)7-15-9-5-3-8(4-6-9)11(12,13)14/h3-7H,2H2,1H3. The zero-order valence-corrected chi connectivity index (χ0v) is 8.99. The van der Waals surface area contributed by atoms with Crippen LogP contribution >= 0.6 is 0 Å². The lowest BCUT2D eigenvalue weighted by Crippen LogP contribution is -2.04. The number of alkyl halides is 3. The average molecular weight is 245 g/mol. The van der Waals surface area contributed by atoms with Crippen molar-refractivity contribution in [2.45, 2.75) is 13.1 Å². The van der Waals surface area contributed by atoms with Gasteiger partial charge in [-0.2, -0.15) is 13.2 Å². The minimum absolute atomic E-state index is 0.220. The molecule has 0 heterocycles. The lowest BCUT2D eigenvalue weighted by Gasteiger charge is -2.05. The number of benzene rings is 1. The fourth-order valence-corrected chi connectivity index (χ4v) is 1.04. The largest absolute Gasteiger partial charge is 0.462 e. The molecule has 92 valence electrons. The first-order valence-corrected chi connectivity index (χ1v) is 4.81.